The summed E-state index contributed by atoms with van der Waals surface area (Å²) in [6.45, 7) is 2.19. The molecule has 3 aromatic rings. The van der Waals surface area contributed by atoms with Crippen LogP contribution < -0.4 is 0 Å². The Kier molecular flexibility index (Phi) is 3.94. The van der Waals surface area contributed by atoms with Crippen LogP contribution in [0.1, 0.15) is 12.6 Å². The molecule has 0 spiro atoms. The Morgan fingerprint density at radius 1 is 1.43 bits per heavy atom. The number of benzene rings is 1. The van der Waals surface area contributed by atoms with Gasteiger partial charge >= 0.3 is 5.97 Å². The first-order valence-electron chi connectivity index (χ1n) is 6.55. The lowest BCUT2D eigenvalue weighted by molar-refractivity contribution is -0.142. The molecule has 2 heterocycles. The first-order valence-corrected chi connectivity index (χ1v) is 7.80. The van der Waals surface area contributed by atoms with Crippen molar-refractivity contribution in [2.75, 3.05) is 6.61 Å². The van der Waals surface area contributed by atoms with E-state index in [1.807, 2.05) is 40.2 Å². The molecule has 0 bridgehead atoms. The Morgan fingerprint density at radius 3 is 3.00 bits per heavy atom. The number of esters is 1. The third kappa shape index (κ3) is 2.80. The van der Waals surface area contributed by atoms with Gasteiger partial charge in [0, 0.05) is 22.8 Å². The summed E-state index contributed by atoms with van der Waals surface area (Å²) < 4.78 is 6.90. The fraction of sp³-hybridized carbons (Fsp3) is 0.200. The predicted octanol–water partition coefficient (Wildman–Crippen LogP) is 3.82. The molecule has 3 rings (SSSR count). The fourth-order valence-electron chi connectivity index (χ4n) is 2.12. The molecule has 0 aliphatic rings. The molecule has 4 nitrogen and oxygen atoms in total. The van der Waals surface area contributed by atoms with Crippen LogP contribution in [-0.4, -0.2) is 22.0 Å². The highest BCUT2D eigenvalue weighted by molar-refractivity contribution is 7.15. The van der Waals surface area contributed by atoms with E-state index >= 15 is 0 Å². The Labute approximate surface area is 131 Å². The van der Waals surface area contributed by atoms with E-state index in [0.29, 0.717) is 11.6 Å². The van der Waals surface area contributed by atoms with Crippen molar-refractivity contribution in [3.63, 3.8) is 0 Å². The molecular formula is C15H13ClN2O2S. The maximum atomic E-state index is 11.6. The summed E-state index contributed by atoms with van der Waals surface area (Å²) in [7, 11) is 0. The molecule has 0 fully saturated rings. The van der Waals surface area contributed by atoms with Gasteiger partial charge in [-0.1, -0.05) is 29.8 Å². The molecule has 0 unspecified atom stereocenters. The minimum absolute atomic E-state index is 0.231. The Hall–Kier alpha value is -1.85. The van der Waals surface area contributed by atoms with Gasteiger partial charge in [-0.3, -0.25) is 9.20 Å². The summed E-state index contributed by atoms with van der Waals surface area (Å²) in [5, 5.41) is 2.59. The zero-order valence-electron chi connectivity index (χ0n) is 11.4. The average molecular weight is 321 g/mol. The standard InChI is InChI=1S/C15H13ClN2O2S/c1-2-20-14(19)7-10-9-21-15-17-13(8-18(10)15)11-5-3-4-6-12(11)16/h3-6,8-9H,2,7H2,1H3. The van der Waals surface area contributed by atoms with Crippen LogP contribution in [0.2, 0.25) is 5.02 Å². The summed E-state index contributed by atoms with van der Waals surface area (Å²) in [5.41, 5.74) is 2.56. The van der Waals surface area contributed by atoms with Crippen molar-refractivity contribution in [3.8, 4) is 11.3 Å². The quantitative estimate of drug-likeness (QED) is 0.686. The van der Waals surface area contributed by atoms with Crippen molar-refractivity contribution in [3.05, 3.63) is 46.6 Å². The zero-order chi connectivity index (χ0) is 14.8. The lowest BCUT2D eigenvalue weighted by atomic mass is 10.2. The van der Waals surface area contributed by atoms with Crippen LogP contribution in [0.15, 0.2) is 35.8 Å². The zero-order valence-corrected chi connectivity index (χ0v) is 12.9. The molecule has 0 aliphatic heterocycles. The highest BCUT2D eigenvalue weighted by Gasteiger charge is 2.14. The normalized spacial score (nSPS) is 11.0. The topological polar surface area (TPSA) is 43.6 Å². The second-order valence-corrected chi connectivity index (χ2v) is 5.71. The summed E-state index contributed by atoms with van der Waals surface area (Å²) >= 11 is 7.70. The van der Waals surface area contributed by atoms with E-state index in [1.54, 1.807) is 6.92 Å². The molecule has 6 heteroatoms. The van der Waals surface area contributed by atoms with Crippen LogP contribution >= 0.6 is 22.9 Å². The van der Waals surface area contributed by atoms with Gasteiger partial charge in [0.05, 0.1) is 23.7 Å². The van der Waals surface area contributed by atoms with Crippen molar-refractivity contribution in [2.24, 2.45) is 0 Å². The smallest absolute Gasteiger partial charge is 0.311 e. The first kappa shape index (κ1) is 14.1. The Balaban J connectivity index is 1.96. The largest absolute Gasteiger partial charge is 0.466 e. The second-order valence-electron chi connectivity index (χ2n) is 4.47. The van der Waals surface area contributed by atoms with Crippen LogP contribution in [0.5, 0.6) is 0 Å². The van der Waals surface area contributed by atoms with E-state index in [-0.39, 0.29) is 12.4 Å². The van der Waals surface area contributed by atoms with Crippen LogP contribution in [0.4, 0.5) is 0 Å². The first-order chi connectivity index (χ1) is 10.2. The van der Waals surface area contributed by atoms with Crippen molar-refractivity contribution < 1.29 is 9.53 Å². The predicted molar refractivity (Wildman–Crippen MR) is 83.9 cm³/mol. The number of ether oxygens (including phenoxy) is 1. The number of carbonyl (C=O) groups is 1. The molecule has 0 aliphatic carbocycles. The molecular weight excluding hydrogens is 308 g/mol. The maximum absolute atomic E-state index is 11.6. The second kappa shape index (κ2) is 5.87. The van der Waals surface area contributed by atoms with Crippen LogP contribution in [0.3, 0.4) is 0 Å². The van der Waals surface area contributed by atoms with Gasteiger partial charge in [-0.15, -0.1) is 11.3 Å². The molecule has 21 heavy (non-hydrogen) atoms. The number of hydrogen-bond donors (Lipinski definition) is 0. The summed E-state index contributed by atoms with van der Waals surface area (Å²) in [5.74, 6) is -0.231. The minimum Gasteiger partial charge on any atom is -0.466 e. The van der Waals surface area contributed by atoms with E-state index in [0.717, 1.165) is 21.9 Å². The third-order valence-corrected chi connectivity index (χ3v) is 4.28. The van der Waals surface area contributed by atoms with Crippen molar-refractivity contribution in [1.82, 2.24) is 9.38 Å². The van der Waals surface area contributed by atoms with Crippen molar-refractivity contribution in [2.45, 2.75) is 13.3 Å². The number of thiazole rings is 1. The minimum atomic E-state index is -0.231. The lowest BCUT2D eigenvalue weighted by Crippen LogP contribution is -2.08. The molecule has 0 amide bonds. The number of aromatic nitrogens is 2. The van der Waals surface area contributed by atoms with Crippen LogP contribution in [0, 0.1) is 0 Å². The van der Waals surface area contributed by atoms with E-state index in [4.69, 9.17) is 16.3 Å². The molecule has 0 atom stereocenters. The molecule has 0 saturated heterocycles. The van der Waals surface area contributed by atoms with E-state index in [1.165, 1.54) is 11.3 Å². The SMILES string of the molecule is CCOC(=O)Cc1csc2nc(-c3ccccc3Cl)cn12. The van der Waals surface area contributed by atoms with E-state index in [9.17, 15) is 4.79 Å². The van der Waals surface area contributed by atoms with Crippen molar-refractivity contribution >= 4 is 33.9 Å². The highest BCUT2D eigenvalue weighted by atomic mass is 35.5. The number of hydrogen-bond acceptors (Lipinski definition) is 4. The summed E-state index contributed by atoms with van der Waals surface area (Å²) in [4.78, 5) is 17.0. The third-order valence-electron chi connectivity index (χ3n) is 3.06. The van der Waals surface area contributed by atoms with Gasteiger partial charge in [0.2, 0.25) is 0 Å². The molecule has 0 N–H and O–H groups in total. The number of fused-ring (bicyclic) bond motifs is 1. The molecule has 2 aromatic heterocycles. The number of halogens is 1. The summed E-state index contributed by atoms with van der Waals surface area (Å²) in [6.07, 6.45) is 2.15. The number of imidazole rings is 1. The highest BCUT2D eigenvalue weighted by Crippen LogP contribution is 2.29. The van der Waals surface area contributed by atoms with Gasteiger partial charge in [0.15, 0.2) is 4.96 Å². The van der Waals surface area contributed by atoms with Gasteiger partial charge in [-0.25, -0.2) is 4.98 Å². The number of rotatable bonds is 4. The van der Waals surface area contributed by atoms with Gasteiger partial charge in [-0.05, 0) is 13.0 Å². The monoisotopic (exact) mass is 320 g/mol. The molecule has 0 radical (unpaired) electrons. The number of nitrogens with zero attached hydrogens (tertiary/aromatic N) is 2. The van der Waals surface area contributed by atoms with Gasteiger partial charge < -0.3 is 4.74 Å². The Morgan fingerprint density at radius 2 is 2.24 bits per heavy atom. The molecule has 108 valence electrons. The van der Waals surface area contributed by atoms with Crippen LogP contribution in [-0.2, 0) is 16.0 Å². The van der Waals surface area contributed by atoms with E-state index < -0.39 is 0 Å². The lowest BCUT2D eigenvalue weighted by Gasteiger charge is -2.01. The van der Waals surface area contributed by atoms with E-state index in [2.05, 4.69) is 4.98 Å². The number of carbonyl (C=O) groups excluding carboxylic acids is 1. The maximum Gasteiger partial charge on any atom is 0.311 e. The van der Waals surface area contributed by atoms with Gasteiger partial charge in [-0.2, -0.15) is 0 Å². The van der Waals surface area contributed by atoms with Gasteiger partial charge in [0.1, 0.15) is 0 Å². The average Bonchev–Trinajstić information content (AvgIpc) is 3.02. The van der Waals surface area contributed by atoms with Gasteiger partial charge in [0.25, 0.3) is 0 Å². The molecule has 0 saturated carbocycles. The fourth-order valence-corrected chi connectivity index (χ4v) is 3.22. The summed E-state index contributed by atoms with van der Waals surface area (Å²) in [6, 6.07) is 7.58. The van der Waals surface area contributed by atoms with Crippen LogP contribution in [0.25, 0.3) is 16.2 Å². The van der Waals surface area contributed by atoms with Crippen molar-refractivity contribution in [1.29, 1.82) is 0 Å². The Bertz CT molecular complexity index is 794. The molecule has 1 aromatic carbocycles.